The first-order chi connectivity index (χ1) is 17.9. The number of nitrogens with one attached hydrogen (secondary N) is 1. The molecule has 192 valence electrons. The smallest absolute Gasteiger partial charge is 0.332 e. The highest BCUT2D eigenvalue weighted by Crippen LogP contribution is 2.30. The molecule has 3 aromatic rings. The van der Waals surface area contributed by atoms with Crippen molar-refractivity contribution in [3.05, 3.63) is 84.2 Å². The van der Waals surface area contributed by atoms with E-state index in [9.17, 15) is 18.8 Å². The Morgan fingerprint density at radius 3 is 2.22 bits per heavy atom. The second kappa shape index (κ2) is 11.6. The highest BCUT2D eigenvalue weighted by Gasteiger charge is 2.46. The summed E-state index contributed by atoms with van der Waals surface area (Å²) in [6.45, 7) is 2.65. The van der Waals surface area contributed by atoms with E-state index in [4.69, 9.17) is 9.47 Å². The van der Waals surface area contributed by atoms with Gasteiger partial charge in [0.2, 0.25) is 5.91 Å². The zero-order chi connectivity index (χ0) is 26.4. The summed E-state index contributed by atoms with van der Waals surface area (Å²) >= 11 is 0. The molecule has 4 amide bonds. The van der Waals surface area contributed by atoms with Crippen LogP contribution < -0.4 is 19.7 Å². The number of methoxy groups -OCH3 is 1. The zero-order valence-electron chi connectivity index (χ0n) is 20.6. The van der Waals surface area contributed by atoms with E-state index in [2.05, 4.69) is 5.32 Å². The molecule has 1 atom stereocenters. The van der Waals surface area contributed by atoms with Gasteiger partial charge < -0.3 is 19.7 Å². The van der Waals surface area contributed by atoms with Gasteiger partial charge in [-0.3, -0.25) is 9.59 Å². The number of halogens is 1. The van der Waals surface area contributed by atoms with Crippen LogP contribution >= 0.6 is 0 Å². The highest BCUT2D eigenvalue weighted by molar-refractivity contribution is 6.22. The quantitative estimate of drug-likeness (QED) is 0.392. The van der Waals surface area contributed by atoms with Gasteiger partial charge in [-0.05, 0) is 72.6 Å². The Hall–Kier alpha value is -4.40. The topological polar surface area (TPSA) is 88.2 Å². The molecule has 1 heterocycles. The van der Waals surface area contributed by atoms with Crippen LogP contribution in [0.2, 0.25) is 0 Å². The molecule has 0 aliphatic carbocycles. The van der Waals surface area contributed by atoms with Crippen molar-refractivity contribution >= 4 is 29.2 Å². The van der Waals surface area contributed by atoms with Gasteiger partial charge in [-0.25, -0.2) is 14.1 Å². The highest BCUT2D eigenvalue weighted by atomic mass is 19.1. The van der Waals surface area contributed by atoms with Crippen LogP contribution in [0.1, 0.15) is 25.3 Å². The van der Waals surface area contributed by atoms with Crippen molar-refractivity contribution in [2.24, 2.45) is 0 Å². The summed E-state index contributed by atoms with van der Waals surface area (Å²) in [5.41, 5.74) is 1.54. The minimum absolute atomic E-state index is 0.0406. The second-order valence-electron chi connectivity index (χ2n) is 8.55. The van der Waals surface area contributed by atoms with Crippen LogP contribution in [0.3, 0.4) is 0 Å². The molecule has 37 heavy (non-hydrogen) atoms. The molecule has 1 fully saturated rings. The molecule has 1 aliphatic rings. The number of carbonyl (C=O) groups excluding carboxylic acids is 3. The van der Waals surface area contributed by atoms with Crippen molar-refractivity contribution in [1.29, 1.82) is 0 Å². The summed E-state index contributed by atoms with van der Waals surface area (Å²) in [7, 11) is 1.52. The van der Waals surface area contributed by atoms with E-state index in [1.807, 2.05) is 6.92 Å². The van der Waals surface area contributed by atoms with Gasteiger partial charge in [0.15, 0.2) is 0 Å². The van der Waals surface area contributed by atoms with Crippen molar-refractivity contribution in [2.45, 2.75) is 32.4 Å². The summed E-state index contributed by atoms with van der Waals surface area (Å²) in [5, 5.41) is 2.78. The Kier molecular flexibility index (Phi) is 8.02. The van der Waals surface area contributed by atoms with Crippen molar-refractivity contribution in [3.63, 3.8) is 0 Å². The van der Waals surface area contributed by atoms with Crippen molar-refractivity contribution in [3.8, 4) is 11.5 Å². The van der Waals surface area contributed by atoms with Gasteiger partial charge in [0, 0.05) is 12.2 Å². The summed E-state index contributed by atoms with van der Waals surface area (Å²) in [6.07, 6.45) is 0.640. The molecule has 9 heteroatoms. The van der Waals surface area contributed by atoms with Gasteiger partial charge in [0.25, 0.3) is 5.91 Å². The van der Waals surface area contributed by atoms with Gasteiger partial charge in [-0.1, -0.05) is 19.1 Å². The van der Waals surface area contributed by atoms with E-state index < -0.39 is 29.7 Å². The van der Waals surface area contributed by atoms with Crippen LogP contribution in [0, 0.1) is 5.82 Å². The lowest BCUT2D eigenvalue weighted by atomic mass is 10.1. The van der Waals surface area contributed by atoms with Gasteiger partial charge in [-0.2, -0.15) is 0 Å². The van der Waals surface area contributed by atoms with Crippen LogP contribution in [-0.4, -0.2) is 42.5 Å². The number of hydrogen-bond acceptors (Lipinski definition) is 5. The fourth-order valence-corrected chi connectivity index (χ4v) is 4.01. The molecule has 0 saturated carbocycles. The number of anilines is 2. The minimum atomic E-state index is -1.04. The van der Waals surface area contributed by atoms with Crippen LogP contribution in [-0.2, 0) is 16.1 Å². The maximum atomic E-state index is 13.4. The number of hydrogen-bond donors (Lipinski definition) is 1. The van der Waals surface area contributed by atoms with E-state index in [1.54, 1.807) is 60.7 Å². The maximum Gasteiger partial charge on any atom is 0.332 e. The average molecular weight is 506 g/mol. The molecule has 0 spiro atoms. The van der Waals surface area contributed by atoms with E-state index in [0.29, 0.717) is 35.0 Å². The second-order valence-corrected chi connectivity index (χ2v) is 8.55. The zero-order valence-corrected chi connectivity index (χ0v) is 20.6. The number of rotatable bonds is 10. The molecule has 0 bridgehead atoms. The van der Waals surface area contributed by atoms with E-state index >= 15 is 0 Å². The lowest BCUT2D eigenvalue weighted by Gasteiger charge is -2.21. The summed E-state index contributed by atoms with van der Waals surface area (Å²) < 4.78 is 24.1. The SMILES string of the molecule is CCCOc1ccc(NC(=O)CC2C(=O)N(c3ccc(OC)cc3)C(=O)N2Cc2ccc(F)cc2)cc1. The Morgan fingerprint density at radius 1 is 0.946 bits per heavy atom. The third-order valence-corrected chi connectivity index (χ3v) is 5.91. The third-order valence-electron chi connectivity index (χ3n) is 5.91. The number of nitrogens with zero attached hydrogens (tertiary/aromatic N) is 2. The fraction of sp³-hybridized carbons (Fsp3) is 0.250. The first-order valence-electron chi connectivity index (χ1n) is 12.0. The van der Waals surface area contributed by atoms with Crippen molar-refractivity contribution in [1.82, 2.24) is 4.90 Å². The van der Waals surface area contributed by atoms with E-state index in [-0.39, 0.29) is 13.0 Å². The molecule has 4 rings (SSSR count). The summed E-state index contributed by atoms with van der Waals surface area (Å²) in [5.74, 6) is -0.0793. The molecule has 3 aromatic carbocycles. The van der Waals surface area contributed by atoms with Crippen LogP contribution in [0.4, 0.5) is 20.6 Å². The fourth-order valence-electron chi connectivity index (χ4n) is 4.01. The number of ether oxygens (including phenoxy) is 2. The predicted octanol–water partition coefficient (Wildman–Crippen LogP) is 4.99. The number of amides is 4. The lowest BCUT2D eigenvalue weighted by Crippen LogP contribution is -2.37. The van der Waals surface area contributed by atoms with Crippen LogP contribution in [0.15, 0.2) is 72.8 Å². The summed E-state index contributed by atoms with van der Waals surface area (Å²) in [6, 6.07) is 17.5. The molecular formula is C28H28FN3O5. The lowest BCUT2D eigenvalue weighted by molar-refractivity contribution is -0.124. The average Bonchev–Trinajstić information content (AvgIpc) is 3.13. The van der Waals surface area contributed by atoms with Crippen molar-refractivity contribution in [2.75, 3.05) is 23.9 Å². The van der Waals surface area contributed by atoms with E-state index in [0.717, 1.165) is 11.3 Å². The Balaban J connectivity index is 1.53. The number of imide groups is 1. The standard InChI is InChI=1S/C28H28FN3O5/c1-3-16-37-24-12-8-21(9-13-24)30-26(33)17-25-27(34)32(22-10-14-23(36-2)15-11-22)28(35)31(25)18-19-4-6-20(29)7-5-19/h4-15,25H,3,16-18H2,1-2H3,(H,30,33). The maximum absolute atomic E-state index is 13.4. The number of carbonyl (C=O) groups is 3. The van der Waals surface area contributed by atoms with Gasteiger partial charge in [0.1, 0.15) is 23.4 Å². The monoisotopic (exact) mass is 505 g/mol. The molecule has 1 aliphatic heterocycles. The molecule has 1 N–H and O–H groups in total. The molecular weight excluding hydrogens is 477 g/mol. The molecule has 0 aromatic heterocycles. The normalized spacial score (nSPS) is 15.2. The predicted molar refractivity (Wildman–Crippen MR) is 137 cm³/mol. The molecule has 8 nitrogen and oxygen atoms in total. The summed E-state index contributed by atoms with van der Waals surface area (Å²) in [4.78, 5) is 42.2. The van der Waals surface area contributed by atoms with Gasteiger partial charge in [-0.15, -0.1) is 0 Å². The number of urea groups is 1. The van der Waals surface area contributed by atoms with Gasteiger partial charge >= 0.3 is 6.03 Å². The first kappa shape index (κ1) is 25.7. The Bertz CT molecular complexity index is 1250. The van der Waals surface area contributed by atoms with Crippen LogP contribution in [0.25, 0.3) is 0 Å². The third kappa shape index (κ3) is 6.06. The number of benzene rings is 3. The van der Waals surface area contributed by atoms with E-state index in [1.165, 1.54) is 24.1 Å². The minimum Gasteiger partial charge on any atom is -0.497 e. The largest absolute Gasteiger partial charge is 0.497 e. The molecule has 1 unspecified atom stereocenters. The van der Waals surface area contributed by atoms with Crippen LogP contribution in [0.5, 0.6) is 11.5 Å². The van der Waals surface area contributed by atoms with Gasteiger partial charge in [0.05, 0.1) is 25.8 Å². The molecule has 1 saturated heterocycles. The Morgan fingerprint density at radius 2 is 1.59 bits per heavy atom. The first-order valence-corrected chi connectivity index (χ1v) is 12.0. The Labute approximate surface area is 214 Å². The van der Waals surface area contributed by atoms with Crippen molar-refractivity contribution < 1.29 is 28.2 Å². The molecule has 0 radical (unpaired) electrons.